The van der Waals surface area contributed by atoms with E-state index in [1.165, 1.54) is 10.2 Å². The number of ether oxygens (including phenoxy) is 2. The molecule has 0 fully saturated rings. The lowest BCUT2D eigenvalue weighted by molar-refractivity contribution is 0.111. The van der Waals surface area contributed by atoms with Gasteiger partial charge in [-0.15, -0.1) is 5.10 Å². The van der Waals surface area contributed by atoms with Gasteiger partial charge in [0.05, 0.1) is 35.8 Å². The van der Waals surface area contributed by atoms with Gasteiger partial charge in [-0.1, -0.05) is 57.0 Å². The van der Waals surface area contributed by atoms with Crippen molar-refractivity contribution in [3.63, 3.8) is 0 Å². The molecule has 0 unspecified atom stereocenters. The van der Waals surface area contributed by atoms with E-state index >= 15 is 0 Å². The first-order valence-corrected chi connectivity index (χ1v) is 11.7. The second-order valence-corrected chi connectivity index (χ2v) is 9.23. The predicted octanol–water partition coefficient (Wildman–Crippen LogP) is 6.25. The van der Waals surface area contributed by atoms with Gasteiger partial charge >= 0.3 is 0 Å². The normalized spacial score (nSPS) is 10.8. The number of nitrogens with zero attached hydrogens (tertiary/aromatic N) is 3. The predicted molar refractivity (Wildman–Crippen MR) is 138 cm³/mol. The number of unbranched alkanes of at least 4 members (excludes halogenated alkanes) is 1. The molecule has 3 aromatic rings. The van der Waals surface area contributed by atoms with Crippen LogP contribution in [0, 0.1) is 6.92 Å². The number of hydrogen-bond acceptors (Lipinski definition) is 6. The maximum Gasteiger partial charge on any atom is 0.172 e. The molecule has 8 heteroatoms. The first-order chi connectivity index (χ1) is 16.2. The monoisotopic (exact) mass is 486 g/mol. The van der Waals surface area contributed by atoms with Gasteiger partial charge in [-0.05, 0) is 48.6 Å². The quantitative estimate of drug-likeness (QED) is 0.299. The first-order valence-electron chi connectivity index (χ1n) is 11.3. The van der Waals surface area contributed by atoms with Gasteiger partial charge in [-0.2, -0.15) is 0 Å². The van der Waals surface area contributed by atoms with Gasteiger partial charge in [0.2, 0.25) is 0 Å². The number of anilines is 1. The third kappa shape index (κ3) is 6.97. The summed E-state index contributed by atoms with van der Waals surface area (Å²) < 4.78 is 12.4. The molecule has 34 heavy (non-hydrogen) atoms. The van der Waals surface area contributed by atoms with Crippen LogP contribution in [0.15, 0.2) is 36.4 Å². The van der Waals surface area contributed by atoms with Crippen molar-refractivity contribution < 1.29 is 14.3 Å². The molecule has 1 aromatic heterocycles. The Morgan fingerprint density at radius 3 is 2.47 bits per heavy atom. The van der Waals surface area contributed by atoms with Crippen LogP contribution in [-0.2, 0) is 5.41 Å². The van der Waals surface area contributed by atoms with Crippen molar-refractivity contribution in [2.45, 2.75) is 52.9 Å². The van der Waals surface area contributed by atoms with E-state index in [1.54, 1.807) is 32.2 Å². The van der Waals surface area contributed by atoms with E-state index in [0.717, 1.165) is 30.9 Å². The highest BCUT2D eigenvalue weighted by molar-refractivity contribution is 6.32. The van der Waals surface area contributed by atoms with Crippen molar-refractivity contribution >= 4 is 23.6 Å². The number of hydrogen-bond donors (Lipinski definition) is 1. The zero-order chi connectivity index (χ0) is 25.3. The van der Waals surface area contributed by atoms with Crippen LogP contribution in [0.2, 0.25) is 5.02 Å². The Balaban J connectivity index is 0.000000240. The van der Waals surface area contributed by atoms with Gasteiger partial charge in [0, 0.05) is 13.1 Å². The summed E-state index contributed by atoms with van der Waals surface area (Å²) in [5.74, 6) is 1.61. The molecule has 0 aliphatic heterocycles. The molecule has 0 saturated heterocycles. The lowest BCUT2D eigenvalue weighted by atomic mass is 9.87. The van der Waals surface area contributed by atoms with Crippen molar-refractivity contribution in [1.29, 1.82) is 0 Å². The van der Waals surface area contributed by atoms with Crippen molar-refractivity contribution in [3.05, 3.63) is 58.4 Å². The Morgan fingerprint density at radius 1 is 1.18 bits per heavy atom. The summed E-state index contributed by atoms with van der Waals surface area (Å²) in [4.78, 5) is 10.7. The van der Waals surface area contributed by atoms with E-state index in [-0.39, 0.29) is 5.41 Å². The molecule has 0 saturated carbocycles. The molecule has 7 nitrogen and oxygen atoms in total. The number of aldehydes is 1. The van der Waals surface area contributed by atoms with E-state index < -0.39 is 0 Å². The smallest absolute Gasteiger partial charge is 0.172 e. The maximum atomic E-state index is 10.7. The molecule has 0 amide bonds. The molecule has 184 valence electrons. The fourth-order valence-corrected chi connectivity index (χ4v) is 3.30. The van der Waals surface area contributed by atoms with E-state index in [2.05, 4.69) is 61.5 Å². The SMILES string of the molecule is CCCCOc1ccc(C(C)(C)C)cc1NC.COc1ccc(Cl)c(-n2nnc(C=O)c2C)c1. The lowest BCUT2D eigenvalue weighted by Gasteiger charge is -2.21. The Bertz CT molecular complexity index is 1090. The van der Waals surface area contributed by atoms with Gasteiger partial charge in [-0.25, -0.2) is 4.68 Å². The van der Waals surface area contributed by atoms with Crippen LogP contribution >= 0.6 is 11.6 Å². The van der Waals surface area contributed by atoms with Gasteiger partial charge in [0.25, 0.3) is 0 Å². The maximum absolute atomic E-state index is 10.7. The number of benzene rings is 2. The second kappa shape index (κ2) is 12.4. The molecule has 0 spiro atoms. The molecule has 2 aromatic carbocycles. The minimum absolute atomic E-state index is 0.174. The minimum atomic E-state index is 0.174. The molecule has 1 heterocycles. The van der Waals surface area contributed by atoms with Crippen LogP contribution in [0.3, 0.4) is 0 Å². The lowest BCUT2D eigenvalue weighted by Crippen LogP contribution is -2.11. The molecule has 3 rings (SSSR count). The summed E-state index contributed by atoms with van der Waals surface area (Å²) in [6.07, 6.45) is 2.92. The number of nitrogens with one attached hydrogen (secondary N) is 1. The zero-order valence-electron chi connectivity index (χ0n) is 21.1. The van der Waals surface area contributed by atoms with Crippen LogP contribution in [0.4, 0.5) is 5.69 Å². The Labute approximate surface area is 207 Å². The number of methoxy groups -OCH3 is 1. The molecule has 0 atom stereocenters. The Hall–Kier alpha value is -3.06. The summed E-state index contributed by atoms with van der Waals surface area (Å²) in [7, 11) is 3.51. The number of carbonyl (C=O) groups excluding carboxylic acids is 1. The fraction of sp³-hybridized carbons (Fsp3) is 0.423. The number of carbonyl (C=O) groups is 1. The van der Waals surface area contributed by atoms with E-state index in [0.29, 0.717) is 34.1 Å². The average Bonchev–Trinajstić information content (AvgIpc) is 3.19. The molecular formula is C26H35ClN4O3. The van der Waals surface area contributed by atoms with E-state index in [4.69, 9.17) is 21.1 Å². The van der Waals surface area contributed by atoms with Crippen molar-refractivity contribution in [2.24, 2.45) is 0 Å². The van der Waals surface area contributed by atoms with E-state index in [9.17, 15) is 4.79 Å². The fourth-order valence-electron chi connectivity index (χ4n) is 3.10. The standard InChI is InChI=1S/C15H25NO.C11H10ClN3O2/c1-6-7-10-17-14-9-8-12(15(2,3)4)11-13(14)16-5;1-7-10(6-16)13-14-15(7)11-5-8(17-2)3-4-9(11)12/h8-9,11,16H,6-7,10H2,1-5H3;3-6H,1-2H3. The topological polar surface area (TPSA) is 78.3 Å². The summed E-state index contributed by atoms with van der Waals surface area (Å²) >= 11 is 6.08. The number of rotatable bonds is 8. The van der Waals surface area contributed by atoms with Crippen LogP contribution in [0.1, 0.15) is 62.3 Å². The zero-order valence-corrected chi connectivity index (χ0v) is 21.9. The number of aromatic nitrogens is 3. The second-order valence-electron chi connectivity index (χ2n) is 8.82. The molecule has 0 bridgehead atoms. The van der Waals surface area contributed by atoms with Gasteiger partial charge in [-0.3, -0.25) is 4.79 Å². The van der Waals surface area contributed by atoms with Gasteiger partial charge in [0.1, 0.15) is 17.2 Å². The summed E-state index contributed by atoms with van der Waals surface area (Å²) in [6, 6.07) is 11.6. The summed E-state index contributed by atoms with van der Waals surface area (Å²) in [6.45, 7) is 11.4. The van der Waals surface area contributed by atoms with Crippen LogP contribution in [-0.4, -0.2) is 42.0 Å². The third-order valence-corrected chi connectivity index (χ3v) is 5.61. The molecular weight excluding hydrogens is 452 g/mol. The highest BCUT2D eigenvalue weighted by Crippen LogP contribution is 2.31. The van der Waals surface area contributed by atoms with Gasteiger partial charge in [0.15, 0.2) is 6.29 Å². The highest BCUT2D eigenvalue weighted by Gasteiger charge is 2.15. The van der Waals surface area contributed by atoms with Gasteiger partial charge < -0.3 is 14.8 Å². The largest absolute Gasteiger partial charge is 0.497 e. The molecule has 0 aliphatic rings. The van der Waals surface area contributed by atoms with Crippen molar-refractivity contribution in [3.8, 4) is 17.2 Å². The number of halogens is 1. The first kappa shape index (κ1) is 27.2. The molecule has 0 aliphatic carbocycles. The van der Waals surface area contributed by atoms with Crippen molar-refractivity contribution in [1.82, 2.24) is 15.0 Å². The summed E-state index contributed by atoms with van der Waals surface area (Å²) in [5.41, 5.74) is 4.13. The van der Waals surface area contributed by atoms with Crippen molar-refractivity contribution in [2.75, 3.05) is 26.1 Å². The molecule has 0 radical (unpaired) electrons. The third-order valence-electron chi connectivity index (χ3n) is 5.29. The van der Waals surface area contributed by atoms with Crippen LogP contribution in [0.25, 0.3) is 5.69 Å². The highest BCUT2D eigenvalue weighted by atomic mass is 35.5. The van der Waals surface area contributed by atoms with Crippen LogP contribution in [0.5, 0.6) is 11.5 Å². The van der Waals surface area contributed by atoms with E-state index in [1.807, 2.05) is 7.05 Å². The summed E-state index contributed by atoms with van der Waals surface area (Å²) in [5, 5.41) is 11.4. The van der Waals surface area contributed by atoms with Crippen LogP contribution < -0.4 is 14.8 Å². The minimum Gasteiger partial charge on any atom is -0.497 e. The Morgan fingerprint density at radius 2 is 1.91 bits per heavy atom. The Kier molecular flexibility index (Phi) is 9.93. The molecule has 1 N–H and O–H groups in total. The average molecular weight is 487 g/mol.